The molecule has 2 aromatic heterocycles. The summed E-state index contributed by atoms with van der Waals surface area (Å²) in [5.41, 5.74) is 9.72. The largest absolute Gasteiger partial charge is 0.396 e. The monoisotopic (exact) mass is 250 g/mol. The molecule has 0 aliphatic carbocycles. The molecule has 0 fully saturated rings. The van der Waals surface area contributed by atoms with E-state index in [0.717, 1.165) is 22.6 Å². The number of aryl methyl sites for hydroxylation is 1. The Morgan fingerprint density at radius 2 is 1.84 bits per heavy atom. The Bertz CT molecular complexity index is 701. The summed E-state index contributed by atoms with van der Waals surface area (Å²) in [5.74, 6) is 0.758. The van der Waals surface area contributed by atoms with Crippen molar-refractivity contribution in [1.82, 2.24) is 14.8 Å². The number of benzene rings is 1. The van der Waals surface area contributed by atoms with E-state index in [1.165, 1.54) is 0 Å². The van der Waals surface area contributed by atoms with Gasteiger partial charge in [0.05, 0.1) is 11.9 Å². The van der Waals surface area contributed by atoms with E-state index in [1.54, 1.807) is 17.1 Å². The van der Waals surface area contributed by atoms with Gasteiger partial charge in [0.1, 0.15) is 5.69 Å². The lowest BCUT2D eigenvalue weighted by Crippen LogP contribution is -1.97. The van der Waals surface area contributed by atoms with Gasteiger partial charge in [-0.1, -0.05) is 30.3 Å². The molecule has 19 heavy (non-hydrogen) atoms. The van der Waals surface area contributed by atoms with Crippen LogP contribution >= 0.6 is 0 Å². The van der Waals surface area contributed by atoms with Gasteiger partial charge in [0.25, 0.3) is 0 Å². The highest BCUT2D eigenvalue weighted by atomic mass is 15.3. The smallest absolute Gasteiger partial charge is 0.153 e. The number of pyridine rings is 1. The molecule has 0 amide bonds. The summed E-state index contributed by atoms with van der Waals surface area (Å²) < 4.78 is 1.71. The van der Waals surface area contributed by atoms with Gasteiger partial charge in [-0.15, -0.1) is 0 Å². The molecule has 0 saturated carbocycles. The van der Waals surface area contributed by atoms with Crippen LogP contribution in [0.15, 0.2) is 54.9 Å². The fourth-order valence-corrected chi connectivity index (χ4v) is 2.04. The normalized spacial score (nSPS) is 10.6. The van der Waals surface area contributed by atoms with Gasteiger partial charge in [0, 0.05) is 11.8 Å². The quantitative estimate of drug-likeness (QED) is 0.760. The molecule has 0 atom stereocenters. The van der Waals surface area contributed by atoms with Gasteiger partial charge < -0.3 is 5.73 Å². The van der Waals surface area contributed by atoms with Crippen LogP contribution in [0.1, 0.15) is 5.56 Å². The summed E-state index contributed by atoms with van der Waals surface area (Å²) in [6.07, 6.45) is 3.53. The van der Waals surface area contributed by atoms with Crippen molar-refractivity contribution in [3.8, 4) is 17.1 Å². The average molecular weight is 250 g/mol. The Morgan fingerprint density at radius 1 is 1.05 bits per heavy atom. The average Bonchev–Trinajstić information content (AvgIpc) is 2.82. The van der Waals surface area contributed by atoms with Crippen LogP contribution in [0.4, 0.5) is 5.69 Å². The maximum Gasteiger partial charge on any atom is 0.153 e. The molecule has 0 aliphatic rings. The molecule has 4 nitrogen and oxygen atoms in total. The van der Waals surface area contributed by atoms with E-state index >= 15 is 0 Å². The molecule has 94 valence electrons. The summed E-state index contributed by atoms with van der Waals surface area (Å²) in [6.45, 7) is 2.05. The van der Waals surface area contributed by atoms with E-state index in [9.17, 15) is 0 Å². The van der Waals surface area contributed by atoms with Crippen molar-refractivity contribution in [1.29, 1.82) is 0 Å². The van der Waals surface area contributed by atoms with Gasteiger partial charge in [-0.2, -0.15) is 5.10 Å². The number of anilines is 1. The number of hydrogen-bond acceptors (Lipinski definition) is 3. The van der Waals surface area contributed by atoms with E-state index in [4.69, 9.17) is 5.73 Å². The number of nitrogen functional groups attached to an aromatic ring is 1. The Kier molecular flexibility index (Phi) is 2.76. The second-order valence-corrected chi connectivity index (χ2v) is 4.38. The molecule has 0 radical (unpaired) electrons. The van der Waals surface area contributed by atoms with Crippen LogP contribution in [0, 0.1) is 6.92 Å². The third-order valence-corrected chi connectivity index (χ3v) is 3.03. The van der Waals surface area contributed by atoms with Crippen molar-refractivity contribution in [3.05, 3.63) is 60.4 Å². The van der Waals surface area contributed by atoms with E-state index in [1.807, 2.05) is 36.4 Å². The van der Waals surface area contributed by atoms with E-state index in [2.05, 4.69) is 23.1 Å². The predicted molar refractivity (Wildman–Crippen MR) is 75.9 cm³/mol. The standard InChI is InChI=1S/C15H14N4/c1-11-6-2-3-7-12(11)15-13(16)10-19(18-15)14-8-4-5-9-17-14/h2-10H,16H2,1H3. The molecule has 0 spiro atoms. The minimum Gasteiger partial charge on any atom is -0.396 e. The Morgan fingerprint density at radius 3 is 2.58 bits per heavy atom. The van der Waals surface area contributed by atoms with Crippen LogP contribution in [0.3, 0.4) is 0 Å². The SMILES string of the molecule is Cc1ccccc1-c1nn(-c2ccccn2)cc1N. The number of rotatable bonds is 2. The molecule has 2 N–H and O–H groups in total. The molecule has 4 heteroatoms. The predicted octanol–water partition coefficient (Wildman–Crippen LogP) is 2.82. The van der Waals surface area contributed by atoms with Gasteiger partial charge in [-0.25, -0.2) is 9.67 Å². The second-order valence-electron chi connectivity index (χ2n) is 4.38. The van der Waals surface area contributed by atoms with Gasteiger partial charge in [-0.05, 0) is 24.6 Å². The van der Waals surface area contributed by atoms with Crippen molar-refractivity contribution in [2.24, 2.45) is 0 Å². The summed E-state index contributed by atoms with van der Waals surface area (Å²) in [5, 5.41) is 4.54. The van der Waals surface area contributed by atoms with Gasteiger partial charge in [-0.3, -0.25) is 0 Å². The first-order chi connectivity index (χ1) is 9.25. The van der Waals surface area contributed by atoms with Crippen LogP contribution < -0.4 is 5.73 Å². The lowest BCUT2D eigenvalue weighted by Gasteiger charge is -2.02. The molecular formula is C15H14N4. The topological polar surface area (TPSA) is 56.7 Å². The van der Waals surface area contributed by atoms with Crippen LogP contribution in [0.25, 0.3) is 17.1 Å². The minimum atomic E-state index is 0.653. The Hall–Kier alpha value is -2.62. The highest BCUT2D eigenvalue weighted by Gasteiger charge is 2.11. The molecule has 3 aromatic rings. The lowest BCUT2D eigenvalue weighted by molar-refractivity contribution is 0.850. The third kappa shape index (κ3) is 2.08. The molecule has 0 saturated heterocycles. The first-order valence-electron chi connectivity index (χ1n) is 6.08. The van der Waals surface area contributed by atoms with Crippen molar-refractivity contribution in [2.45, 2.75) is 6.92 Å². The maximum absolute atomic E-state index is 6.07. The summed E-state index contributed by atoms with van der Waals surface area (Å²) >= 11 is 0. The molecular weight excluding hydrogens is 236 g/mol. The zero-order valence-electron chi connectivity index (χ0n) is 10.6. The zero-order chi connectivity index (χ0) is 13.2. The van der Waals surface area contributed by atoms with Gasteiger partial charge in [0.2, 0.25) is 0 Å². The summed E-state index contributed by atoms with van der Waals surface area (Å²) in [6, 6.07) is 13.8. The maximum atomic E-state index is 6.07. The van der Waals surface area contributed by atoms with E-state index < -0.39 is 0 Å². The lowest BCUT2D eigenvalue weighted by atomic mass is 10.1. The molecule has 0 aliphatic heterocycles. The highest BCUT2D eigenvalue weighted by Crippen LogP contribution is 2.27. The van der Waals surface area contributed by atoms with Crippen molar-refractivity contribution >= 4 is 5.69 Å². The molecule has 3 rings (SSSR count). The fraction of sp³-hybridized carbons (Fsp3) is 0.0667. The van der Waals surface area contributed by atoms with Gasteiger partial charge in [0.15, 0.2) is 5.82 Å². The first kappa shape index (κ1) is 11.5. The van der Waals surface area contributed by atoms with Crippen LogP contribution in [0.2, 0.25) is 0 Å². The third-order valence-electron chi connectivity index (χ3n) is 3.03. The van der Waals surface area contributed by atoms with E-state index in [-0.39, 0.29) is 0 Å². The first-order valence-corrected chi connectivity index (χ1v) is 6.08. The second kappa shape index (κ2) is 4.57. The van der Waals surface area contributed by atoms with Crippen molar-refractivity contribution < 1.29 is 0 Å². The molecule has 0 bridgehead atoms. The summed E-state index contributed by atoms with van der Waals surface area (Å²) in [7, 11) is 0. The fourth-order valence-electron chi connectivity index (χ4n) is 2.04. The number of nitrogens with two attached hydrogens (primary N) is 1. The number of nitrogens with zero attached hydrogens (tertiary/aromatic N) is 3. The Labute approximate surface area is 111 Å². The number of hydrogen-bond donors (Lipinski definition) is 1. The Balaban J connectivity index is 2.11. The van der Waals surface area contributed by atoms with E-state index in [0.29, 0.717) is 5.69 Å². The summed E-state index contributed by atoms with van der Waals surface area (Å²) in [4.78, 5) is 4.26. The van der Waals surface area contributed by atoms with Crippen molar-refractivity contribution in [2.75, 3.05) is 5.73 Å². The van der Waals surface area contributed by atoms with Crippen LogP contribution in [-0.2, 0) is 0 Å². The van der Waals surface area contributed by atoms with Crippen LogP contribution in [-0.4, -0.2) is 14.8 Å². The van der Waals surface area contributed by atoms with Crippen LogP contribution in [0.5, 0.6) is 0 Å². The van der Waals surface area contributed by atoms with Crippen molar-refractivity contribution in [3.63, 3.8) is 0 Å². The number of aromatic nitrogens is 3. The minimum absolute atomic E-state index is 0.653. The van der Waals surface area contributed by atoms with Gasteiger partial charge >= 0.3 is 0 Å². The molecule has 0 unspecified atom stereocenters. The zero-order valence-corrected chi connectivity index (χ0v) is 10.6. The highest BCUT2D eigenvalue weighted by molar-refractivity contribution is 5.74. The molecule has 1 aromatic carbocycles. The molecule has 2 heterocycles.